The van der Waals surface area contributed by atoms with Gasteiger partial charge in [0, 0.05) is 5.92 Å². The molecule has 4 nitrogen and oxygen atoms in total. The number of rotatable bonds is 4. The smallest absolute Gasteiger partial charge is 0.328 e. The minimum absolute atomic E-state index is 0.0273. The fraction of sp³-hybridized carbons (Fsp3) is 0.778. The van der Waals surface area contributed by atoms with Gasteiger partial charge in [-0.25, -0.2) is 4.79 Å². The topological polar surface area (TPSA) is 55.4 Å². The van der Waals surface area contributed by atoms with Gasteiger partial charge in [0.15, 0.2) is 0 Å². The summed E-state index contributed by atoms with van der Waals surface area (Å²) in [5, 5.41) is 2.61. The molecule has 1 atom stereocenters. The minimum Gasteiger partial charge on any atom is -0.464 e. The van der Waals surface area contributed by atoms with E-state index in [0.717, 1.165) is 12.8 Å². The maximum Gasteiger partial charge on any atom is 0.328 e. The molecule has 0 aliphatic heterocycles. The van der Waals surface area contributed by atoms with Crippen LogP contribution in [-0.4, -0.2) is 24.5 Å². The lowest BCUT2D eigenvalue weighted by molar-refractivity contribution is -0.147. The summed E-state index contributed by atoms with van der Waals surface area (Å²) in [6, 6.07) is -0.520. The second-order valence-corrected chi connectivity index (χ2v) is 3.26. The van der Waals surface area contributed by atoms with Crippen molar-refractivity contribution in [1.29, 1.82) is 0 Å². The highest BCUT2D eigenvalue weighted by Gasteiger charge is 2.31. The summed E-state index contributed by atoms with van der Waals surface area (Å²) in [5.41, 5.74) is 0. The van der Waals surface area contributed by atoms with Gasteiger partial charge in [0.2, 0.25) is 5.91 Å². The molecule has 1 saturated carbocycles. The van der Waals surface area contributed by atoms with Gasteiger partial charge in [-0.2, -0.15) is 0 Å². The molecule has 1 unspecified atom stereocenters. The lowest BCUT2D eigenvalue weighted by Gasteiger charge is -2.11. The Hall–Kier alpha value is -1.06. The molecular weight excluding hydrogens is 170 g/mol. The summed E-state index contributed by atoms with van der Waals surface area (Å²) in [6.45, 7) is 3.73. The van der Waals surface area contributed by atoms with Crippen LogP contribution in [-0.2, 0) is 14.3 Å². The quantitative estimate of drug-likeness (QED) is 0.647. The Balaban J connectivity index is 2.26. The van der Waals surface area contributed by atoms with Crippen molar-refractivity contribution >= 4 is 11.9 Å². The number of carbonyl (C=O) groups is 2. The van der Waals surface area contributed by atoms with E-state index >= 15 is 0 Å². The third kappa shape index (κ3) is 3.05. The van der Waals surface area contributed by atoms with Gasteiger partial charge in [0.25, 0.3) is 0 Å². The molecule has 1 N–H and O–H groups in total. The predicted octanol–water partition coefficient (Wildman–Crippen LogP) is 0.464. The molecule has 1 amide bonds. The van der Waals surface area contributed by atoms with Crippen molar-refractivity contribution in [2.75, 3.05) is 6.61 Å². The normalized spacial score (nSPS) is 17.7. The molecule has 0 aromatic carbocycles. The SMILES string of the molecule is CCOC(=O)C(C)NC(=O)C1CC1. The highest BCUT2D eigenvalue weighted by Crippen LogP contribution is 2.28. The first-order valence-electron chi connectivity index (χ1n) is 4.62. The van der Waals surface area contributed by atoms with E-state index in [0.29, 0.717) is 6.61 Å². The zero-order valence-corrected chi connectivity index (χ0v) is 8.00. The van der Waals surface area contributed by atoms with Gasteiger partial charge in [0.1, 0.15) is 6.04 Å². The minimum atomic E-state index is -0.520. The van der Waals surface area contributed by atoms with Crippen molar-refractivity contribution in [2.24, 2.45) is 5.92 Å². The van der Waals surface area contributed by atoms with Crippen LogP contribution in [0.4, 0.5) is 0 Å². The Morgan fingerprint density at radius 3 is 2.62 bits per heavy atom. The molecule has 1 rings (SSSR count). The molecule has 0 radical (unpaired) electrons. The molecule has 0 saturated heterocycles. The maximum absolute atomic E-state index is 11.2. The number of ether oxygens (including phenoxy) is 1. The number of carbonyl (C=O) groups excluding carboxylic acids is 2. The monoisotopic (exact) mass is 185 g/mol. The third-order valence-corrected chi connectivity index (χ3v) is 1.95. The molecule has 0 bridgehead atoms. The van der Waals surface area contributed by atoms with Gasteiger partial charge in [0.05, 0.1) is 6.61 Å². The van der Waals surface area contributed by atoms with Gasteiger partial charge < -0.3 is 10.1 Å². The van der Waals surface area contributed by atoms with Crippen molar-refractivity contribution in [3.05, 3.63) is 0 Å². The fourth-order valence-electron chi connectivity index (χ4n) is 1.00. The van der Waals surface area contributed by atoms with Crippen LogP contribution in [0.5, 0.6) is 0 Å². The van der Waals surface area contributed by atoms with E-state index in [1.165, 1.54) is 0 Å². The molecule has 1 fully saturated rings. The first-order valence-corrected chi connectivity index (χ1v) is 4.62. The maximum atomic E-state index is 11.2. The van der Waals surface area contributed by atoms with Crippen LogP contribution < -0.4 is 5.32 Å². The van der Waals surface area contributed by atoms with E-state index in [1.807, 2.05) is 0 Å². The highest BCUT2D eigenvalue weighted by molar-refractivity contribution is 5.86. The Labute approximate surface area is 77.6 Å². The summed E-state index contributed by atoms with van der Waals surface area (Å²) in [5.74, 6) is -0.256. The van der Waals surface area contributed by atoms with Crippen LogP contribution in [0.25, 0.3) is 0 Å². The molecule has 74 valence electrons. The van der Waals surface area contributed by atoms with E-state index in [4.69, 9.17) is 4.74 Å². The van der Waals surface area contributed by atoms with Gasteiger partial charge >= 0.3 is 5.97 Å². The van der Waals surface area contributed by atoms with Gasteiger partial charge in [-0.15, -0.1) is 0 Å². The lowest BCUT2D eigenvalue weighted by Crippen LogP contribution is -2.40. The number of nitrogens with one attached hydrogen (secondary N) is 1. The van der Waals surface area contributed by atoms with Crippen LogP contribution in [0.15, 0.2) is 0 Å². The number of hydrogen-bond donors (Lipinski definition) is 1. The van der Waals surface area contributed by atoms with E-state index in [9.17, 15) is 9.59 Å². The molecule has 0 heterocycles. The number of amides is 1. The Kier molecular flexibility index (Phi) is 3.28. The molecular formula is C9H15NO3. The predicted molar refractivity (Wildman–Crippen MR) is 47.0 cm³/mol. The standard InChI is InChI=1S/C9H15NO3/c1-3-13-9(12)6(2)10-8(11)7-4-5-7/h6-7H,3-5H2,1-2H3,(H,10,11). The summed E-state index contributed by atoms with van der Waals surface area (Å²) < 4.78 is 4.75. The van der Waals surface area contributed by atoms with Crippen LogP contribution in [0.3, 0.4) is 0 Å². The summed E-state index contributed by atoms with van der Waals surface area (Å²) >= 11 is 0. The lowest BCUT2D eigenvalue weighted by atomic mass is 10.3. The van der Waals surface area contributed by atoms with Crippen molar-refractivity contribution in [1.82, 2.24) is 5.32 Å². The van der Waals surface area contributed by atoms with Crippen LogP contribution in [0.2, 0.25) is 0 Å². The Morgan fingerprint density at radius 2 is 2.15 bits per heavy atom. The highest BCUT2D eigenvalue weighted by atomic mass is 16.5. The summed E-state index contributed by atoms with van der Waals surface area (Å²) in [7, 11) is 0. The second-order valence-electron chi connectivity index (χ2n) is 3.26. The fourth-order valence-corrected chi connectivity index (χ4v) is 1.00. The van der Waals surface area contributed by atoms with E-state index in [1.54, 1.807) is 13.8 Å². The van der Waals surface area contributed by atoms with Crippen LogP contribution in [0, 0.1) is 5.92 Å². The molecule has 4 heteroatoms. The molecule has 13 heavy (non-hydrogen) atoms. The number of esters is 1. The van der Waals surface area contributed by atoms with Crippen molar-refractivity contribution in [3.63, 3.8) is 0 Å². The third-order valence-electron chi connectivity index (χ3n) is 1.95. The molecule has 0 spiro atoms. The van der Waals surface area contributed by atoms with Gasteiger partial charge in [-0.1, -0.05) is 0 Å². The Bertz CT molecular complexity index is 211. The zero-order valence-electron chi connectivity index (χ0n) is 8.00. The summed E-state index contributed by atoms with van der Waals surface area (Å²) in [4.78, 5) is 22.3. The zero-order chi connectivity index (χ0) is 9.84. The van der Waals surface area contributed by atoms with Gasteiger partial charge in [-0.3, -0.25) is 4.79 Å². The number of hydrogen-bond acceptors (Lipinski definition) is 3. The second kappa shape index (κ2) is 4.25. The first-order chi connectivity index (χ1) is 6.15. The first kappa shape index (κ1) is 10.0. The molecule has 0 aromatic rings. The van der Waals surface area contributed by atoms with E-state index in [-0.39, 0.29) is 17.8 Å². The van der Waals surface area contributed by atoms with E-state index < -0.39 is 6.04 Å². The van der Waals surface area contributed by atoms with Crippen molar-refractivity contribution in [3.8, 4) is 0 Å². The molecule has 1 aliphatic carbocycles. The Morgan fingerprint density at radius 1 is 1.54 bits per heavy atom. The summed E-state index contributed by atoms with van der Waals surface area (Å²) in [6.07, 6.45) is 1.89. The van der Waals surface area contributed by atoms with Crippen molar-refractivity contribution in [2.45, 2.75) is 32.7 Å². The van der Waals surface area contributed by atoms with Gasteiger partial charge in [-0.05, 0) is 26.7 Å². The van der Waals surface area contributed by atoms with Crippen LogP contribution >= 0.6 is 0 Å². The molecule has 1 aliphatic rings. The van der Waals surface area contributed by atoms with E-state index in [2.05, 4.69) is 5.32 Å². The average molecular weight is 185 g/mol. The molecule has 0 aromatic heterocycles. The van der Waals surface area contributed by atoms with Crippen LogP contribution in [0.1, 0.15) is 26.7 Å². The van der Waals surface area contributed by atoms with Crippen molar-refractivity contribution < 1.29 is 14.3 Å². The largest absolute Gasteiger partial charge is 0.464 e. The average Bonchev–Trinajstić information content (AvgIpc) is 2.86.